The molecule has 0 heterocycles. The van der Waals surface area contributed by atoms with Gasteiger partial charge in [-0.3, -0.25) is 0 Å². The molecule has 0 spiro atoms. The summed E-state index contributed by atoms with van der Waals surface area (Å²) in [6.07, 6.45) is 0.394. The molecule has 0 bridgehead atoms. The lowest BCUT2D eigenvalue weighted by Gasteiger charge is -2.22. The standard InChI is InChI=1S/C11H16N4O2S/c1-2-15(7-3-6-12)9-4-5-11(10(13)8-9)18(14,16)17/h4-5,8H,2-3,7,13H2,1H3,(H2,14,16,17). The Balaban J connectivity index is 3.07. The van der Waals surface area contributed by atoms with E-state index in [2.05, 4.69) is 6.07 Å². The maximum Gasteiger partial charge on any atom is 0.240 e. The topological polar surface area (TPSA) is 113 Å². The molecule has 0 amide bonds. The third-order valence-electron chi connectivity index (χ3n) is 2.54. The average molecular weight is 268 g/mol. The van der Waals surface area contributed by atoms with Gasteiger partial charge in [0, 0.05) is 18.8 Å². The van der Waals surface area contributed by atoms with Gasteiger partial charge >= 0.3 is 0 Å². The first-order valence-corrected chi connectivity index (χ1v) is 6.99. The van der Waals surface area contributed by atoms with Gasteiger partial charge in [0.2, 0.25) is 10.0 Å². The zero-order valence-corrected chi connectivity index (χ0v) is 10.9. The molecule has 6 nitrogen and oxygen atoms in total. The quantitative estimate of drug-likeness (QED) is 0.761. The van der Waals surface area contributed by atoms with Crippen LogP contribution in [0.2, 0.25) is 0 Å². The number of benzene rings is 1. The Morgan fingerprint density at radius 1 is 1.44 bits per heavy atom. The number of hydrogen-bond acceptors (Lipinski definition) is 5. The third-order valence-corrected chi connectivity index (χ3v) is 3.53. The molecule has 0 radical (unpaired) electrons. The number of primary sulfonamides is 1. The minimum atomic E-state index is -3.80. The van der Waals surface area contributed by atoms with Gasteiger partial charge in [0.1, 0.15) is 4.90 Å². The summed E-state index contributed by atoms with van der Waals surface area (Å²) in [5, 5.41) is 13.6. The second-order valence-electron chi connectivity index (χ2n) is 3.75. The molecule has 0 fully saturated rings. The molecule has 0 saturated heterocycles. The van der Waals surface area contributed by atoms with Crippen LogP contribution in [0, 0.1) is 11.3 Å². The van der Waals surface area contributed by atoms with Crippen LogP contribution in [0.3, 0.4) is 0 Å². The minimum Gasteiger partial charge on any atom is -0.398 e. The van der Waals surface area contributed by atoms with Crippen molar-refractivity contribution in [2.24, 2.45) is 5.14 Å². The van der Waals surface area contributed by atoms with E-state index in [1.165, 1.54) is 6.07 Å². The van der Waals surface area contributed by atoms with Gasteiger partial charge in [0.15, 0.2) is 0 Å². The average Bonchev–Trinajstić information content (AvgIpc) is 2.28. The summed E-state index contributed by atoms with van der Waals surface area (Å²) in [7, 11) is -3.80. The predicted octanol–water partition coefficient (Wildman–Crippen LogP) is 0.656. The highest BCUT2D eigenvalue weighted by molar-refractivity contribution is 7.89. The highest BCUT2D eigenvalue weighted by atomic mass is 32.2. The lowest BCUT2D eigenvalue weighted by molar-refractivity contribution is 0.598. The molecule has 1 rings (SSSR count). The van der Waals surface area contributed by atoms with E-state index in [0.717, 1.165) is 5.69 Å². The van der Waals surface area contributed by atoms with Gasteiger partial charge in [-0.25, -0.2) is 13.6 Å². The SMILES string of the molecule is CCN(CCC#N)c1ccc(S(N)(=O)=O)c(N)c1. The van der Waals surface area contributed by atoms with E-state index < -0.39 is 10.0 Å². The molecule has 98 valence electrons. The van der Waals surface area contributed by atoms with E-state index in [9.17, 15) is 8.42 Å². The van der Waals surface area contributed by atoms with E-state index in [1.54, 1.807) is 12.1 Å². The molecule has 0 aromatic heterocycles. The van der Waals surface area contributed by atoms with Crippen molar-refractivity contribution in [3.8, 4) is 6.07 Å². The maximum absolute atomic E-state index is 11.2. The van der Waals surface area contributed by atoms with Gasteiger partial charge in [-0.15, -0.1) is 0 Å². The van der Waals surface area contributed by atoms with Crippen molar-refractivity contribution in [1.29, 1.82) is 5.26 Å². The molecule has 0 atom stereocenters. The Bertz CT molecular complexity index is 563. The Morgan fingerprint density at radius 2 is 2.11 bits per heavy atom. The molecule has 18 heavy (non-hydrogen) atoms. The maximum atomic E-state index is 11.2. The van der Waals surface area contributed by atoms with Crippen molar-refractivity contribution >= 4 is 21.4 Å². The molecule has 0 saturated carbocycles. The fourth-order valence-electron chi connectivity index (χ4n) is 1.65. The van der Waals surface area contributed by atoms with Crippen molar-refractivity contribution in [2.75, 3.05) is 23.7 Å². The molecule has 1 aromatic rings. The summed E-state index contributed by atoms with van der Waals surface area (Å²) in [5.41, 5.74) is 6.57. The number of hydrogen-bond donors (Lipinski definition) is 2. The number of rotatable bonds is 5. The summed E-state index contributed by atoms with van der Waals surface area (Å²) < 4.78 is 22.4. The first kappa shape index (κ1) is 14.3. The Kier molecular flexibility index (Phi) is 4.53. The van der Waals surface area contributed by atoms with Gasteiger partial charge in [-0.05, 0) is 25.1 Å². The summed E-state index contributed by atoms with van der Waals surface area (Å²) in [6.45, 7) is 3.22. The summed E-state index contributed by atoms with van der Waals surface area (Å²) in [6, 6.07) is 6.64. The number of nitriles is 1. The fraction of sp³-hybridized carbons (Fsp3) is 0.364. The number of nitrogen functional groups attached to an aromatic ring is 1. The van der Waals surface area contributed by atoms with Crippen molar-refractivity contribution < 1.29 is 8.42 Å². The molecule has 0 aliphatic carbocycles. The smallest absolute Gasteiger partial charge is 0.240 e. The lowest BCUT2D eigenvalue weighted by Crippen LogP contribution is -2.24. The van der Waals surface area contributed by atoms with Crippen LogP contribution in [0.4, 0.5) is 11.4 Å². The van der Waals surface area contributed by atoms with E-state index in [4.69, 9.17) is 16.1 Å². The molecule has 0 unspecified atom stereocenters. The van der Waals surface area contributed by atoms with Crippen molar-refractivity contribution in [2.45, 2.75) is 18.2 Å². The van der Waals surface area contributed by atoms with Crippen molar-refractivity contribution in [3.05, 3.63) is 18.2 Å². The van der Waals surface area contributed by atoms with Crippen LogP contribution in [0.1, 0.15) is 13.3 Å². The molecule has 0 aliphatic heterocycles. The predicted molar refractivity (Wildman–Crippen MR) is 70.3 cm³/mol. The second-order valence-corrected chi connectivity index (χ2v) is 5.28. The number of anilines is 2. The van der Waals surface area contributed by atoms with Crippen LogP contribution >= 0.6 is 0 Å². The van der Waals surface area contributed by atoms with Gasteiger partial charge < -0.3 is 10.6 Å². The van der Waals surface area contributed by atoms with E-state index in [1.807, 2.05) is 11.8 Å². The monoisotopic (exact) mass is 268 g/mol. The highest BCUT2D eigenvalue weighted by Crippen LogP contribution is 2.24. The number of nitrogens with two attached hydrogens (primary N) is 2. The fourth-order valence-corrected chi connectivity index (χ4v) is 2.29. The third kappa shape index (κ3) is 3.35. The highest BCUT2D eigenvalue weighted by Gasteiger charge is 2.14. The summed E-state index contributed by atoms with van der Waals surface area (Å²) in [5.74, 6) is 0. The normalized spacial score (nSPS) is 10.9. The first-order valence-electron chi connectivity index (χ1n) is 5.44. The lowest BCUT2D eigenvalue weighted by atomic mass is 10.2. The zero-order valence-electron chi connectivity index (χ0n) is 10.1. The molecule has 7 heteroatoms. The van der Waals surface area contributed by atoms with E-state index >= 15 is 0 Å². The summed E-state index contributed by atoms with van der Waals surface area (Å²) in [4.78, 5) is 1.86. The minimum absolute atomic E-state index is 0.0809. The van der Waals surface area contributed by atoms with Gasteiger partial charge in [-0.1, -0.05) is 0 Å². The van der Waals surface area contributed by atoms with Crippen LogP contribution in [0.25, 0.3) is 0 Å². The van der Waals surface area contributed by atoms with Crippen LogP contribution in [0.15, 0.2) is 23.1 Å². The Morgan fingerprint density at radius 3 is 2.56 bits per heavy atom. The Labute approximate surface area is 107 Å². The van der Waals surface area contributed by atoms with Crippen molar-refractivity contribution in [3.63, 3.8) is 0 Å². The van der Waals surface area contributed by atoms with Gasteiger partial charge in [0.05, 0.1) is 18.2 Å². The molecule has 0 aliphatic rings. The second kappa shape index (κ2) is 5.71. The van der Waals surface area contributed by atoms with Gasteiger partial charge in [-0.2, -0.15) is 5.26 Å². The number of nitrogens with zero attached hydrogens (tertiary/aromatic N) is 2. The first-order chi connectivity index (χ1) is 8.40. The van der Waals surface area contributed by atoms with Gasteiger partial charge in [0.25, 0.3) is 0 Å². The molecular weight excluding hydrogens is 252 g/mol. The molecule has 1 aromatic carbocycles. The van der Waals surface area contributed by atoms with Crippen LogP contribution in [-0.4, -0.2) is 21.5 Å². The van der Waals surface area contributed by atoms with E-state index in [0.29, 0.717) is 19.5 Å². The summed E-state index contributed by atoms with van der Waals surface area (Å²) >= 11 is 0. The molecular formula is C11H16N4O2S. The van der Waals surface area contributed by atoms with Crippen LogP contribution in [-0.2, 0) is 10.0 Å². The largest absolute Gasteiger partial charge is 0.398 e. The number of sulfonamides is 1. The van der Waals surface area contributed by atoms with Crippen LogP contribution < -0.4 is 15.8 Å². The zero-order chi connectivity index (χ0) is 13.8. The van der Waals surface area contributed by atoms with E-state index in [-0.39, 0.29) is 10.6 Å². The molecule has 4 N–H and O–H groups in total. The van der Waals surface area contributed by atoms with Crippen LogP contribution in [0.5, 0.6) is 0 Å². The van der Waals surface area contributed by atoms with Crippen molar-refractivity contribution in [1.82, 2.24) is 0 Å². The Hall–Kier alpha value is -1.78.